The van der Waals surface area contributed by atoms with Crippen LogP contribution >= 0.6 is 0 Å². The smallest absolute Gasteiger partial charge is 0.0107 e. The first-order valence-corrected chi connectivity index (χ1v) is 6.86. The number of rotatable bonds is 4. The van der Waals surface area contributed by atoms with Gasteiger partial charge < -0.3 is 10.2 Å². The van der Waals surface area contributed by atoms with Crippen LogP contribution in [0.4, 0.5) is 0 Å². The predicted molar refractivity (Wildman–Crippen MR) is 71.8 cm³/mol. The average Bonchev–Trinajstić information content (AvgIpc) is 2.16. The highest BCUT2D eigenvalue weighted by atomic mass is 15.1. The molecule has 96 valence electrons. The molecular weight excluding hydrogens is 196 g/mol. The van der Waals surface area contributed by atoms with Crippen LogP contribution in [0.1, 0.15) is 47.5 Å². The summed E-state index contributed by atoms with van der Waals surface area (Å²) in [5.74, 6) is 1.83. The van der Waals surface area contributed by atoms with Crippen LogP contribution in [-0.4, -0.2) is 36.6 Å². The van der Waals surface area contributed by atoms with Crippen molar-refractivity contribution in [2.75, 3.05) is 26.2 Å². The Hall–Kier alpha value is -0.0800. The summed E-state index contributed by atoms with van der Waals surface area (Å²) in [5, 5.41) is 3.56. The molecule has 1 heterocycles. The highest BCUT2D eigenvalue weighted by molar-refractivity contribution is 4.76. The van der Waals surface area contributed by atoms with Gasteiger partial charge in [-0.15, -0.1) is 0 Å². The SMILES string of the molecule is CC(C)C1CCN(CCNC(C)(C)C)CC1. The van der Waals surface area contributed by atoms with E-state index < -0.39 is 0 Å². The molecule has 0 aromatic heterocycles. The fourth-order valence-electron chi connectivity index (χ4n) is 2.43. The lowest BCUT2D eigenvalue weighted by Gasteiger charge is -2.34. The van der Waals surface area contributed by atoms with Crippen LogP contribution in [0.3, 0.4) is 0 Å². The fourth-order valence-corrected chi connectivity index (χ4v) is 2.43. The van der Waals surface area contributed by atoms with E-state index in [1.165, 1.54) is 32.5 Å². The Bertz CT molecular complexity index is 185. The van der Waals surface area contributed by atoms with Crippen molar-refractivity contribution < 1.29 is 0 Å². The standard InChI is InChI=1S/C14H30N2/c1-12(2)13-6-9-16(10-7-13)11-8-15-14(3,4)5/h12-13,15H,6-11H2,1-5H3. The molecule has 0 bridgehead atoms. The van der Waals surface area contributed by atoms with Gasteiger partial charge in [-0.2, -0.15) is 0 Å². The molecule has 0 aromatic carbocycles. The largest absolute Gasteiger partial charge is 0.311 e. The lowest BCUT2D eigenvalue weighted by Crippen LogP contribution is -2.43. The zero-order chi connectivity index (χ0) is 12.2. The van der Waals surface area contributed by atoms with Crippen molar-refractivity contribution in [3.63, 3.8) is 0 Å². The number of nitrogens with one attached hydrogen (secondary N) is 1. The van der Waals surface area contributed by atoms with Gasteiger partial charge in [-0.05, 0) is 58.5 Å². The Labute approximate surface area is 102 Å². The van der Waals surface area contributed by atoms with Crippen LogP contribution in [0.15, 0.2) is 0 Å². The zero-order valence-corrected chi connectivity index (χ0v) is 11.8. The van der Waals surface area contributed by atoms with Crippen LogP contribution < -0.4 is 5.32 Å². The summed E-state index contributed by atoms with van der Waals surface area (Å²) >= 11 is 0. The fraction of sp³-hybridized carbons (Fsp3) is 1.00. The van der Waals surface area contributed by atoms with Gasteiger partial charge in [-0.3, -0.25) is 0 Å². The number of hydrogen-bond donors (Lipinski definition) is 1. The quantitative estimate of drug-likeness (QED) is 0.793. The van der Waals surface area contributed by atoms with Gasteiger partial charge in [0.25, 0.3) is 0 Å². The molecule has 0 amide bonds. The van der Waals surface area contributed by atoms with Crippen molar-refractivity contribution in [3.8, 4) is 0 Å². The van der Waals surface area contributed by atoms with Crippen molar-refractivity contribution >= 4 is 0 Å². The second kappa shape index (κ2) is 6.02. The average molecular weight is 226 g/mol. The van der Waals surface area contributed by atoms with Gasteiger partial charge in [0.1, 0.15) is 0 Å². The van der Waals surface area contributed by atoms with Crippen molar-refractivity contribution in [1.29, 1.82) is 0 Å². The third kappa shape index (κ3) is 5.31. The first kappa shape index (κ1) is 14.0. The lowest BCUT2D eigenvalue weighted by atomic mass is 9.87. The Morgan fingerprint density at radius 1 is 1.19 bits per heavy atom. The molecule has 1 fully saturated rings. The Morgan fingerprint density at radius 2 is 1.75 bits per heavy atom. The lowest BCUT2D eigenvalue weighted by molar-refractivity contribution is 0.156. The van der Waals surface area contributed by atoms with Crippen molar-refractivity contribution in [1.82, 2.24) is 10.2 Å². The van der Waals surface area contributed by atoms with E-state index in [1.807, 2.05) is 0 Å². The summed E-state index contributed by atoms with van der Waals surface area (Å²) in [6.07, 6.45) is 2.79. The van der Waals surface area contributed by atoms with Crippen LogP contribution in [-0.2, 0) is 0 Å². The minimum Gasteiger partial charge on any atom is -0.311 e. The number of piperidine rings is 1. The van der Waals surface area contributed by atoms with E-state index in [1.54, 1.807) is 0 Å². The highest BCUT2D eigenvalue weighted by Gasteiger charge is 2.21. The number of likely N-dealkylation sites (tertiary alicyclic amines) is 1. The van der Waals surface area contributed by atoms with Crippen molar-refractivity contribution in [3.05, 3.63) is 0 Å². The predicted octanol–water partition coefficient (Wildman–Crippen LogP) is 2.74. The molecule has 16 heavy (non-hydrogen) atoms. The maximum atomic E-state index is 3.56. The van der Waals surface area contributed by atoms with E-state index in [0.717, 1.165) is 18.4 Å². The molecule has 2 heteroatoms. The molecule has 1 aliphatic heterocycles. The van der Waals surface area contributed by atoms with E-state index in [2.05, 4.69) is 44.8 Å². The zero-order valence-electron chi connectivity index (χ0n) is 11.8. The third-order valence-electron chi connectivity index (χ3n) is 3.66. The Balaban J connectivity index is 2.13. The number of hydrogen-bond acceptors (Lipinski definition) is 2. The highest BCUT2D eigenvalue weighted by Crippen LogP contribution is 2.23. The van der Waals surface area contributed by atoms with Crippen LogP contribution in [0.25, 0.3) is 0 Å². The summed E-state index contributed by atoms with van der Waals surface area (Å²) in [4.78, 5) is 2.61. The third-order valence-corrected chi connectivity index (χ3v) is 3.66. The van der Waals surface area contributed by atoms with Crippen molar-refractivity contribution in [2.24, 2.45) is 11.8 Å². The molecule has 0 aromatic rings. The topological polar surface area (TPSA) is 15.3 Å². The molecule has 0 saturated carbocycles. The van der Waals surface area contributed by atoms with Crippen molar-refractivity contribution in [2.45, 2.75) is 53.0 Å². The minimum absolute atomic E-state index is 0.260. The van der Waals surface area contributed by atoms with Crippen LogP contribution in [0, 0.1) is 11.8 Å². The van der Waals surface area contributed by atoms with Gasteiger partial charge in [0, 0.05) is 18.6 Å². The molecule has 0 aliphatic carbocycles. The molecular formula is C14H30N2. The first-order chi connectivity index (χ1) is 7.38. The van der Waals surface area contributed by atoms with Gasteiger partial charge in [0.2, 0.25) is 0 Å². The molecule has 2 nitrogen and oxygen atoms in total. The van der Waals surface area contributed by atoms with E-state index >= 15 is 0 Å². The van der Waals surface area contributed by atoms with Crippen LogP contribution in [0.5, 0.6) is 0 Å². The summed E-state index contributed by atoms with van der Waals surface area (Å²) in [6.45, 7) is 16.4. The monoisotopic (exact) mass is 226 g/mol. The maximum absolute atomic E-state index is 3.56. The second-order valence-electron chi connectivity index (χ2n) is 6.60. The summed E-state index contributed by atoms with van der Waals surface area (Å²) in [5.41, 5.74) is 0.260. The molecule has 0 spiro atoms. The first-order valence-electron chi connectivity index (χ1n) is 6.86. The molecule has 0 unspecified atom stereocenters. The summed E-state index contributed by atoms with van der Waals surface area (Å²) in [6, 6.07) is 0. The Morgan fingerprint density at radius 3 is 2.19 bits per heavy atom. The van der Waals surface area contributed by atoms with E-state index in [-0.39, 0.29) is 5.54 Å². The minimum atomic E-state index is 0.260. The van der Waals surface area contributed by atoms with Gasteiger partial charge in [0.15, 0.2) is 0 Å². The van der Waals surface area contributed by atoms with Gasteiger partial charge >= 0.3 is 0 Å². The molecule has 1 saturated heterocycles. The van der Waals surface area contributed by atoms with Gasteiger partial charge in [-0.25, -0.2) is 0 Å². The molecule has 0 atom stereocenters. The molecule has 1 N–H and O–H groups in total. The van der Waals surface area contributed by atoms with Gasteiger partial charge in [0.05, 0.1) is 0 Å². The van der Waals surface area contributed by atoms with E-state index in [4.69, 9.17) is 0 Å². The number of nitrogens with zero attached hydrogens (tertiary/aromatic N) is 1. The van der Waals surface area contributed by atoms with Gasteiger partial charge in [-0.1, -0.05) is 13.8 Å². The maximum Gasteiger partial charge on any atom is 0.0107 e. The van der Waals surface area contributed by atoms with Crippen LogP contribution in [0.2, 0.25) is 0 Å². The second-order valence-corrected chi connectivity index (χ2v) is 6.60. The Kier molecular flexibility index (Phi) is 5.26. The summed E-state index contributed by atoms with van der Waals surface area (Å²) < 4.78 is 0. The summed E-state index contributed by atoms with van der Waals surface area (Å²) in [7, 11) is 0. The molecule has 0 radical (unpaired) electrons. The molecule has 1 rings (SSSR count). The molecule has 1 aliphatic rings. The normalized spacial score (nSPS) is 20.6. The van der Waals surface area contributed by atoms with E-state index in [0.29, 0.717) is 0 Å². The van der Waals surface area contributed by atoms with E-state index in [9.17, 15) is 0 Å².